The van der Waals surface area contributed by atoms with Crippen molar-refractivity contribution in [2.45, 2.75) is 73.6 Å². The Labute approximate surface area is 202 Å². The lowest BCUT2D eigenvalue weighted by Crippen LogP contribution is -2.17. The molecule has 3 rings (SSSR count). The normalized spacial score (nSPS) is 15.0. The number of aromatic hydroxyl groups is 2. The summed E-state index contributed by atoms with van der Waals surface area (Å²) < 4.78 is 0. The second-order valence-corrected chi connectivity index (χ2v) is 10.0. The molecular formula is C30H36O4. The highest BCUT2D eigenvalue weighted by atomic mass is 16.3. The predicted octanol–water partition coefficient (Wildman–Crippen LogP) is 7.50. The van der Waals surface area contributed by atoms with Gasteiger partial charge in [-0.2, -0.15) is 0 Å². The fraction of sp³-hybridized carbons (Fsp3) is 0.367. The number of benzene rings is 2. The molecule has 3 N–H and O–H groups in total. The molecule has 0 spiro atoms. The molecule has 2 aromatic carbocycles. The molecule has 0 radical (unpaired) electrons. The highest BCUT2D eigenvalue weighted by Crippen LogP contribution is 2.48. The number of rotatable bonds is 6. The summed E-state index contributed by atoms with van der Waals surface area (Å²) in [6.07, 6.45) is 9.03. The van der Waals surface area contributed by atoms with Gasteiger partial charge >= 0.3 is 0 Å². The van der Waals surface area contributed by atoms with Crippen molar-refractivity contribution < 1.29 is 20.1 Å². The van der Waals surface area contributed by atoms with Crippen molar-refractivity contribution in [2.75, 3.05) is 0 Å². The third-order valence-electron chi connectivity index (χ3n) is 6.53. The first-order chi connectivity index (χ1) is 15.9. The van der Waals surface area contributed by atoms with Crippen LogP contribution >= 0.6 is 0 Å². The highest BCUT2D eigenvalue weighted by Gasteiger charge is 2.32. The number of aliphatic hydroxyl groups excluding tert-OH is 1. The van der Waals surface area contributed by atoms with Crippen molar-refractivity contribution in [3.8, 4) is 11.5 Å². The standard InChI is InChI=1S/C30H36O4/c1-16(2)8-11-20-19(7)21(12-9-17(3)4)29(33)28-23(20)14-24-22(13-10-18(5)6)25(31)15-26(32)27(24)30(28)34/h8-10,14-15,22,32-34H,11-13H2,1-7H3. The van der Waals surface area contributed by atoms with Gasteiger partial charge in [-0.3, -0.25) is 4.79 Å². The van der Waals surface area contributed by atoms with Crippen LogP contribution in [-0.4, -0.2) is 21.1 Å². The van der Waals surface area contributed by atoms with Gasteiger partial charge in [0.25, 0.3) is 0 Å². The average molecular weight is 461 g/mol. The van der Waals surface area contributed by atoms with Crippen molar-refractivity contribution in [2.24, 2.45) is 0 Å². The number of allylic oxidation sites excluding steroid dienone is 7. The largest absolute Gasteiger partial charge is 0.507 e. The molecule has 0 aliphatic heterocycles. The number of ketones is 1. The number of fused-ring (bicyclic) bond motifs is 2. The van der Waals surface area contributed by atoms with Gasteiger partial charge in [-0.1, -0.05) is 34.9 Å². The van der Waals surface area contributed by atoms with Crippen LogP contribution in [-0.2, 0) is 17.6 Å². The summed E-state index contributed by atoms with van der Waals surface area (Å²) in [4.78, 5) is 12.9. The Balaban J connectivity index is 2.43. The van der Waals surface area contributed by atoms with E-state index in [2.05, 4.69) is 12.2 Å². The molecule has 180 valence electrons. The van der Waals surface area contributed by atoms with Crippen molar-refractivity contribution in [1.29, 1.82) is 0 Å². The van der Waals surface area contributed by atoms with Crippen LogP contribution in [0.2, 0.25) is 0 Å². The van der Waals surface area contributed by atoms with Crippen molar-refractivity contribution in [3.63, 3.8) is 0 Å². The predicted molar refractivity (Wildman–Crippen MR) is 141 cm³/mol. The second kappa shape index (κ2) is 9.92. The lowest BCUT2D eigenvalue weighted by Gasteiger charge is -2.26. The van der Waals surface area contributed by atoms with Crippen LogP contribution in [0.5, 0.6) is 11.5 Å². The van der Waals surface area contributed by atoms with Crippen LogP contribution in [0, 0.1) is 6.92 Å². The Morgan fingerprint density at radius 3 is 1.97 bits per heavy atom. The minimum atomic E-state index is -0.500. The van der Waals surface area contributed by atoms with Gasteiger partial charge < -0.3 is 15.3 Å². The lowest BCUT2D eigenvalue weighted by molar-refractivity contribution is -0.116. The van der Waals surface area contributed by atoms with Gasteiger partial charge in [0.15, 0.2) is 5.78 Å². The molecule has 1 atom stereocenters. The molecule has 0 saturated heterocycles. The number of carbonyl (C=O) groups is 1. The minimum Gasteiger partial charge on any atom is -0.507 e. The van der Waals surface area contributed by atoms with Gasteiger partial charge in [0.1, 0.15) is 17.3 Å². The van der Waals surface area contributed by atoms with E-state index in [1.165, 1.54) is 11.6 Å². The minimum absolute atomic E-state index is 0.0248. The van der Waals surface area contributed by atoms with Gasteiger partial charge in [-0.05, 0) is 95.9 Å². The summed E-state index contributed by atoms with van der Waals surface area (Å²) in [6, 6.07) is 1.89. The maximum Gasteiger partial charge on any atom is 0.167 e. The Kier molecular flexibility index (Phi) is 7.40. The molecule has 1 aliphatic rings. The molecule has 4 heteroatoms. The SMILES string of the molecule is CC(C)=CCc1c(C)c(CC=C(C)C)c2cc3c(c(O)c2c1O)C(O)=CC(=O)C3CC=C(C)C. The Hall–Kier alpha value is -3.27. The molecular weight excluding hydrogens is 424 g/mol. The van der Waals surface area contributed by atoms with Crippen LogP contribution in [0.1, 0.15) is 81.7 Å². The quantitative estimate of drug-likeness (QED) is 0.390. The van der Waals surface area contributed by atoms with Gasteiger partial charge in [-0.15, -0.1) is 0 Å². The molecule has 0 saturated carbocycles. The number of hydrogen-bond acceptors (Lipinski definition) is 4. The smallest absolute Gasteiger partial charge is 0.167 e. The number of aliphatic hydroxyl groups is 1. The first kappa shape index (κ1) is 25.4. The lowest BCUT2D eigenvalue weighted by atomic mass is 9.79. The third kappa shape index (κ3) is 4.82. The van der Waals surface area contributed by atoms with E-state index in [0.29, 0.717) is 30.2 Å². The summed E-state index contributed by atoms with van der Waals surface area (Å²) in [6.45, 7) is 14.1. The zero-order valence-electron chi connectivity index (χ0n) is 21.3. The van der Waals surface area contributed by atoms with Crippen LogP contribution in [0.25, 0.3) is 16.5 Å². The van der Waals surface area contributed by atoms with E-state index in [-0.39, 0.29) is 28.6 Å². The van der Waals surface area contributed by atoms with Gasteiger partial charge in [0, 0.05) is 11.6 Å². The van der Waals surface area contributed by atoms with Gasteiger partial charge in [0.05, 0.1) is 16.9 Å². The molecule has 34 heavy (non-hydrogen) atoms. The second-order valence-electron chi connectivity index (χ2n) is 10.0. The van der Waals surface area contributed by atoms with Crippen LogP contribution in [0.15, 0.2) is 47.1 Å². The topological polar surface area (TPSA) is 77.8 Å². The maximum atomic E-state index is 12.9. The van der Waals surface area contributed by atoms with Crippen molar-refractivity contribution in [1.82, 2.24) is 0 Å². The Morgan fingerprint density at radius 2 is 1.41 bits per heavy atom. The molecule has 1 aliphatic carbocycles. The van der Waals surface area contributed by atoms with E-state index in [1.807, 2.05) is 60.6 Å². The summed E-state index contributed by atoms with van der Waals surface area (Å²) in [5.41, 5.74) is 6.99. The molecule has 2 aromatic rings. The molecule has 0 fully saturated rings. The molecule has 0 aromatic heterocycles. The van der Waals surface area contributed by atoms with E-state index in [1.54, 1.807) is 0 Å². The Bertz CT molecular complexity index is 1270. The monoisotopic (exact) mass is 460 g/mol. The van der Waals surface area contributed by atoms with Crippen molar-refractivity contribution in [3.05, 3.63) is 74.9 Å². The first-order valence-electron chi connectivity index (χ1n) is 11.8. The summed E-state index contributed by atoms with van der Waals surface area (Å²) in [7, 11) is 0. The fourth-order valence-electron chi connectivity index (χ4n) is 4.61. The van der Waals surface area contributed by atoms with E-state index in [0.717, 1.165) is 33.2 Å². The van der Waals surface area contributed by atoms with Crippen molar-refractivity contribution >= 4 is 22.3 Å². The summed E-state index contributed by atoms with van der Waals surface area (Å²) in [5, 5.41) is 34.4. The average Bonchev–Trinajstić information content (AvgIpc) is 2.72. The van der Waals surface area contributed by atoms with E-state index >= 15 is 0 Å². The number of phenolic OH excluding ortho intramolecular Hbond substituents is 2. The number of hydrogen-bond donors (Lipinski definition) is 3. The van der Waals surface area contributed by atoms with Crippen LogP contribution in [0.4, 0.5) is 0 Å². The zero-order chi connectivity index (χ0) is 25.3. The third-order valence-corrected chi connectivity index (χ3v) is 6.53. The van der Waals surface area contributed by atoms with E-state index in [9.17, 15) is 20.1 Å². The van der Waals surface area contributed by atoms with E-state index < -0.39 is 5.92 Å². The number of carbonyl (C=O) groups excluding carboxylic acids is 1. The molecule has 0 heterocycles. The molecule has 0 bridgehead atoms. The molecule has 0 amide bonds. The van der Waals surface area contributed by atoms with Gasteiger partial charge in [0.2, 0.25) is 0 Å². The Morgan fingerprint density at radius 1 is 0.853 bits per heavy atom. The van der Waals surface area contributed by atoms with Gasteiger partial charge in [-0.25, -0.2) is 0 Å². The summed E-state index contributed by atoms with van der Waals surface area (Å²) >= 11 is 0. The van der Waals surface area contributed by atoms with E-state index in [4.69, 9.17) is 0 Å². The molecule has 4 nitrogen and oxygen atoms in total. The number of phenols is 2. The maximum absolute atomic E-state index is 12.9. The molecule has 1 unspecified atom stereocenters. The summed E-state index contributed by atoms with van der Waals surface area (Å²) in [5.74, 6) is -1.10. The fourth-order valence-corrected chi connectivity index (χ4v) is 4.61. The first-order valence-corrected chi connectivity index (χ1v) is 11.8. The van der Waals surface area contributed by atoms with Crippen LogP contribution < -0.4 is 0 Å². The highest BCUT2D eigenvalue weighted by molar-refractivity contribution is 6.09. The van der Waals surface area contributed by atoms with Crippen LogP contribution in [0.3, 0.4) is 0 Å². The zero-order valence-corrected chi connectivity index (χ0v) is 21.3.